The van der Waals surface area contributed by atoms with Gasteiger partial charge in [-0.15, -0.1) is 0 Å². The predicted molar refractivity (Wildman–Crippen MR) is 99.6 cm³/mol. The molecule has 0 saturated heterocycles. The van der Waals surface area contributed by atoms with Crippen LogP contribution in [0.1, 0.15) is 25.3 Å². The fraction of sp³-hybridized carbons (Fsp3) is 0.222. The number of nitro benzene ring substituents is 1. The molecule has 0 saturated carbocycles. The SMILES string of the molecule is CCC[C@H](Oc1ccc(Cl)cc1)C(=O)N/N=C\c1cccc([N+](=O)[O-])c1. The minimum absolute atomic E-state index is 0.0461. The first-order chi connectivity index (χ1) is 12.5. The van der Waals surface area contributed by atoms with Gasteiger partial charge in [0, 0.05) is 22.7 Å². The van der Waals surface area contributed by atoms with Crippen LogP contribution in [0.5, 0.6) is 5.75 Å². The number of hydrazone groups is 1. The van der Waals surface area contributed by atoms with Crippen LogP contribution >= 0.6 is 11.6 Å². The summed E-state index contributed by atoms with van der Waals surface area (Å²) in [4.78, 5) is 22.6. The van der Waals surface area contributed by atoms with Gasteiger partial charge in [-0.05, 0) is 30.7 Å². The Morgan fingerprint density at radius 2 is 2.08 bits per heavy atom. The van der Waals surface area contributed by atoms with Gasteiger partial charge in [0.25, 0.3) is 11.6 Å². The van der Waals surface area contributed by atoms with Crippen molar-refractivity contribution in [3.8, 4) is 5.75 Å². The Hall–Kier alpha value is -2.93. The zero-order valence-electron chi connectivity index (χ0n) is 14.1. The Kier molecular flexibility index (Phi) is 7.11. The van der Waals surface area contributed by atoms with Crippen LogP contribution in [-0.2, 0) is 4.79 Å². The molecule has 0 unspecified atom stereocenters. The summed E-state index contributed by atoms with van der Waals surface area (Å²) in [6.07, 6.45) is 1.90. The summed E-state index contributed by atoms with van der Waals surface area (Å²) in [6, 6.07) is 12.7. The van der Waals surface area contributed by atoms with Gasteiger partial charge in [-0.2, -0.15) is 5.10 Å². The number of halogens is 1. The first-order valence-electron chi connectivity index (χ1n) is 7.99. The maximum absolute atomic E-state index is 12.3. The molecule has 0 bridgehead atoms. The minimum atomic E-state index is -0.705. The zero-order chi connectivity index (χ0) is 18.9. The van der Waals surface area contributed by atoms with Crippen molar-refractivity contribution in [3.63, 3.8) is 0 Å². The third-order valence-electron chi connectivity index (χ3n) is 3.40. The van der Waals surface area contributed by atoms with E-state index in [1.54, 1.807) is 36.4 Å². The first-order valence-corrected chi connectivity index (χ1v) is 8.37. The molecule has 2 aromatic carbocycles. The highest BCUT2D eigenvalue weighted by Crippen LogP contribution is 2.18. The van der Waals surface area contributed by atoms with Crippen LogP contribution in [0.4, 0.5) is 5.69 Å². The summed E-state index contributed by atoms with van der Waals surface area (Å²) in [5.41, 5.74) is 2.86. The monoisotopic (exact) mass is 375 g/mol. The van der Waals surface area contributed by atoms with Crippen LogP contribution in [0.15, 0.2) is 53.6 Å². The summed E-state index contributed by atoms with van der Waals surface area (Å²) in [5, 5.41) is 15.2. The van der Waals surface area contributed by atoms with Crippen LogP contribution in [0, 0.1) is 10.1 Å². The van der Waals surface area contributed by atoms with Crippen molar-refractivity contribution in [2.45, 2.75) is 25.9 Å². The van der Waals surface area contributed by atoms with Gasteiger partial charge in [0.15, 0.2) is 6.10 Å². The fourth-order valence-electron chi connectivity index (χ4n) is 2.14. The van der Waals surface area contributed by atoms with E-state index in [-0.39, 0.29) is 5.69 Å². The number of carbonyl (C=O) groups excluding carboxylic acids is 1. The Bertz CT molecular complexity index is 793. The number of carbonyl (C=O) groups is 1. The largest absolute Gasteiger partial charge is 0.481 e. The molecule has 26 heavy (non-hydrogen) atoms. The van der Waals surface area contributed by atoms with E-state index >= 15 is 0 Å². The fourth-order valence-corrected chi connectivity index (χ4v) is 2.27. The summed E-state index contributed by atoms with van der Waals surface area (Å²) < 4.78 is 5.69. The topological polar surface area (TPSA) is 93.8 Å². The number of rotatable bonds is 8. The molecule has 0 aliphatic carbocycles. The molecule has 2 rings (SSSR count). The lowest BCUT2D eigenvalue weighted by atomic mass is 10.2. The summed E-state index contributed by atoms with van der Waals surface area (Å²) in [5.74, 6) is 0.133. The van der Waals surface area contributed by atoms with Crippen LogP contribution in [-0.4, -0.2) is 23.1 Å². The average molecular weight is 376 g/mol. The highest BCUT2D eigenvalue weighted by atomic mass is 35.5. The molecule has 7 nitrogen and oxygen atoms in total. The van der Waals surface area contributed by atoms with Crippen LogP contribution in [0.3, 0.4) is 0 Å². The number of benzene rings is 2. The van der Waals surface area contributed by atoms with Crippen molar-refractivity contribution >= 4 is 29.4 Å². The molecule has 0 aromatic heterocycles. The van der Waals surface area contributed by atoms with Gasteiger partial charge >= 0.3 is 0 Å². The lowest BCUT2D eigenvalue weighted by Crippen LogP contribution is -2.35. The van der Waals surface area contributed by atoms with E-state index < -0.39 is 16.9 Å². The quantitative estimate of drug-likeness (QED) is 0.429. The van der Waals surface area contributed by atoms with Crippen molar-refractivity contribution in [2.75, 3.05) is 0 Å². The molecule has 0 aliphatic rings. The third kappa shape index (κ3) is 5.86. The third-order valence-corrected chi connectivity index (χ3v) is 3.66. The number of hydrogen-bond donors (Lipinski definition) is 1. The second kappa shape index (κ2) is 9.53. The number of nitro groups is 1. The maximum atomic E-state index is 12.3. The van der Waals surface area contributed by atoms with Crippen molar-refractivity contribution < 1.29 is 14.5 Å². The lowest BCUT2D eigenvalue weighted by molar-refractivity contribution is -0.384. The second-order valence-corrected chi connectivity index (χ2v) is 5.87. The molecule has 1 N–H and O–H groups in total. The number of non-ortho nitro benzene ring substituents is 1. The smallest absolute Gasteiger partial charge is 0.281 e. The van der Waals surface area contributed by atoms with Crippen molar-refractivity contribution in [2.24, 2.45) is 5.10 Å². The highest BCUT2D eigenvalue weighted by Gasteiger charge is 2.19. The van der Waals surface area contributed by atoms with Gasteiger partial charge in [-0.25, -0.2) is 5.43 Å². The van der Waals surface area contributed by atoms with Gasteiger partial charge in [0.05, 0.1) is 11.1 Å². The maximum Gasteiger partial charge on any atom is 0.281 e. The van der Waals surface area contributed by atoms with E-state index in [1.807, 2.05) is 6.92 Å². The van der Waals surface area contributed by atoms with E-state index in [0.717, 1.165) is 6.42 Å². The Balaban J connectivity index is 1.99. The lowest BCUT2D eigenvalue weighted by Gasteiger charge is -2.16. The van der Waals surface area contributed by atoms with E-state index in [4.69, 9.17) is 16.3 Å². The number of nitrogens with zero attached hydrogens (tertiary/aromatic N) is 2. The Labute approximate surface area is 155 Å². The molecule has 1 amide bonds. The molecule has 8 heteroatoms. The zero-order valence-corrected chi connectivity index (χ0v) is 14.8. The normalized spacial score (nSPS) is 11.9. The molecule has 0 heterocycles. The second-order valence-electron chi connectivity index (χ2n) is 5.44. The molecule has 0 radical (unpaired) electrons. The molecular formula is C18H18ClN3O4. The molecule has 1 atom stereocenters. The summed E-state index contributed by atoms with van der Waals surface area (Å²) >= 11 is 5.83. The molecule has 0 aliphatic heterocycles. The molecule has 2 aromatic rings. The number of hydrogen-bond acceptors (Lipinski definition) is 5. The molecular weight excluding hydrogens is 358 g/mol. The van der Waals surface area contributed by atoms with Crippen molar-refractivity contribution in [3.05, 3.63) is 69.2 Å². The Morgan fingerprint density at radius 1 is 1.35 bits per heavy atom. The predicted octanol–water partition coefficient (Wildman–Crippen LogP) is 3.95. The van der Waals surface area contributed by atoms with Gasteiger partial charge < -0.3 is 4.74 Å². The van der Waals surface area contributed by atoms with Crippen molar-refractivity contribution in [1.29, 1.82) is 0 Å². The van der Waals surface area contributed by atoms with Crippen LogP contribution in [0.25, 0.3) is 0 Å². The summed E-state index contributed by atoms with van der Waals surface area (Å²) in [7, 11) is 0. The number of nitrogens with one attached hydrogen (secondary N) is 1. The van der Waals surface area contributed by atoms with E-state index in [0.29, 0.717) is 22.8 Å². The molecule has 0 spiro atoms. The van der Waals surface area contributed by atoms with E-state index in [1.165, 1.54) is 18.3 Å². The van der Waals surface area contributed by atoms with E-state index in [2.05, 4.69) is 10.5 Å². The van der Waals surface area contributed by atoms with Gasteiger partial charge in [0.1, 0.15) is 5.75 Å². The van der Waals surface area contributed by atoms with E-state index in [9.17, 15) is 14.9 Å². The number of amides is 1. The Morgan fingerprint density at radius 3 is 2.73 bits per heavy atom. The standard InChI is InChI=1S/C18H18ClN3O4/c1-2-4-17(26-16-9-7-14(19)8-10-16)18(23)21-20-12-13-5-3-6-15(11-13)22(24)25/h3,5-12,17H,2,4H2,1H3,(H,21,23)/b20-12-/t17-/m0/s1. The van der Waals surface area contributed by atoms with Gasteiger partial charge in [0.2, 0.25) is 0 Å². The highest BCUT2D eigenvalue weighted by molar-refractivity contribution is 6.30. The molecule has 0 fully saturated rings. The minimum Gasteiger partial charge on any atom is -0.481 e. The first kappa shape index (κ1) is 19.4. The van der Waals surface area contributed by atoms with Crippen molar-refractivity contribution in [1.82, 2.24) is 5.43 Å². The van der Waals surface area contributed by atoms with Gasteiger partial charge in [-0.3, -0.25) is 14.9 Å². The van der Waals surface area contributed by atoms with Crippen LogP contribution in [0.2, 0.25) is 5.02 Å². The van der Waals surface area contributed by atoms with Crippen LogP contribution < -0.4 is 10.2 Å². The summed E-state index contributed by atoms with van der Waals surface area (Å²) in [6.45, 7) is 1.94. The van der Waals surface area contributed by atoms with Gasteiger partial charge in [-0.1, -0.05) is 37.1 Å². The average Bonchev–Trinajstić information content (AvgIpc) is 2.63. The number of ether oxygens (including phenoxy) is 1. The molecule has 136 valence electrons.